The molecule has 0 bridgehead atoms. The molecule has 1 saturated carbocycles. The standard InChI is InChI=1S/C23H28N2O2/c1-14-5-7-16(3)19(11-14)22(26)24-13-21(18-9-10-18)25-23(27)20-12-15(2)6-8-17(20)4/h5-8,11-12,18,21H,9-10,13H2,1-4H3,(H,24,26)(H,25,27)/t21-/m1/s1. The van der Waals surface area contributed by atoms with Crippen molar-refractivity contribution >= 4 is 11.8 Å². The van der Waals surface area contributed by atoms with Gasteiger partial charge >= 0.3 is 0 Å². The van der Waals surface area contributed by atoms with Crippen LogP contribution in [0.5, 0.6) is 0 Å². The zero-order chi connectivity index (χ0) is 19.6. The van der Waals surface area contributed by atoms with E-state index in [4.69, 9.17) is 0 Å². The summed E-state index contributed by atoms with van der Waals surface area (Å²) < 4.78 is 0. The summed E-state index contributed by atoms with van der Waals surface area (Å²) in [5.74, 6) is 0.301. The van der Waals surface area contributed by atoms with Gasteiger partial charge in [-0.1, -0.05) is 35.4 Å². The van der Waals surface area contributed by atoms with Gasteiger partial charge in [0.25, 0.3) is 11.8 Å². The van der Waals surface area contributed by atoms with Crippen LogP contribution in [0.15, 0.2) is 36.4 Å². The van der Waals surface area contributed by atoms with Gasteiger partial charge in [-0.2, -0.15) is 0 Å². The Hall–Kier alpha value is -2.62. The van der Waals surface area contributed by atoms with Crippen LogP contribution in [0.2, 0.25) is 0 Å². The molecule has 1 aliphatic carbocycles. The Labute approximate surface area is 161 Å². The third-order valence-electron chi connectivity index (χ3n) is 5.27. The second-order valence-electron chi connectivity index (χ2n) is 7.76. The number of benzene rings is 2. The van der Waals surface area contributed by atoms with Crippen LogP contribution in [0.25, 0.3) is 0 Å². The highest BCUT2D eigenvalue weighted by atomic mass is 16.2. The summed E-state index contributed by atoms with van der Waals surface area (Å²) in [6.07, 6.45) is 2.19. The summed E-state index contributed by atoms with van der Waals surface area (Å²) in [4.78, 5) is 25.3. The second-order valence-corrected chi connectivity index (χ2v) is 7.76. The quantitative estimate of drug-likeness (QED) is 0.818. The fourth-order valence-corrected chi connectivity index (χ4v) is 3.34. The average molecular weight is 364 g/mol. The van der Waals surface area contributed by atoms with Gasteiger partial charge in [-0.25, -0.2) is 0 Å². The van der Waals surface area contributed by atoms with Crippen LogP contribution in [-0.2, 0) is 0 Å². The third kappa shape index (κ3) is 4.76. The molecular weight excluding hydrogens is 336 g/mol. The van der Waals surface area contributed by atoms with Gasteiger partial charge in [0.1, 0.15) is 0 Å². The first-order chi connectivity index (χ1) is 12.8. The minimum absolute atomic E-state index is 0.0357. The first-order valence-corrected chi connectivity index (χ1v) is 9.58. The lowest BCUT2D eigenvalue weighted by atomic mass is 10.0. The average Bonchev–Trinajstić information content (AvgIpc) is 3.47. The number of carbonyl (C=O) groups excluding carboxylic acids is 2. The third-order valence-corrected chi connectivity index (χ3v) is 5.27. The number of aryl methyl sites for hydroxylation is 4. The van der Waals surface area contributed by atoms with Crippen molar-refractivity contribution in [1.29, 1.82) is 0 Å². The van der Waals surface area contributed by atoms with E-state index in [-0.39, 0.29) is 17.9 Å². The second kappa shape index (κ2) is 7.95. The molecule has 3 rings (SSSR count). The van der Waals surface area contributed by atoms with Crippen LogP contribution in [0.1, 0.15) is 55.8 Å². The molecule has 1 atom stereocenters. The van der Waals surface area contributed by atoms with Gasteiger partial charge in [0.15, 0.2) is 0 Å². The molecule has 0 radical (unpaired) electrons. The first kappa shape index (κ1) is 19.2. The molecule has 4 heteroatoms. The number of hydrogen-bond donors (Lipinski definition) is 2. The van der Waals surface area contributed by atoms with E-state index in [1.54, 1.807) is 0 Å². The van der Waals surface area contributed by atoms with E-state index in [2.05, 4.69) is 10.6 Å². The zero-order valence-electron chi connectivity index (χ0n) is 16.6. The molecule has 1 aliphatic rings. The van der Waals surface area contributed by atoms with E-state index in [1.807, 2.05) is 64.1 Å². The van der Waals surface area contributed by atoms with E-state index in [9.17, 15) is 9.59 Å². The van der Waals surface area contributed by atoms with Gasteiger partial charge in [0.2, 0.25) is 0 Å². The van der Waals surface area contributed by atoms with Crippen molar-refractivity contribution < 1.29 is 9.59 Å². The Kier molecular flexibility index (Phi) is 5.64. The van der Waals surface area contributed by atoms with Crippen molar-refractivity contribution in [3.63, 3.8) is 0 Å². The van der Waals surface area contributed by atoms with Crippen LogP contribution in [0.3, 0.4) is 0 Å². The monoisotopic (exact) mass is 364 g/mol. The van der Waals surface area contributed by atoms with Gasteiger partial charge in [-0.3, -0.25) is 9.59 Å². The smallest absolute Gasteiger partial charge is 0.251 e. The molecule has 0 aliphatic heterocycles. The van der Waals surface area contributed by atoms with Crippen LogP contribution in [0.4, 0.5) is 0 Å². The maximum atomic E-state index is 12.7. The largest absolute Gasteiger partial charge is 0.350 e. The molecule has 27 heavy (non-hydrogen) atoms. The van der Waals surface area contributed by atoms with Crippen LogP contribution in [-0.4, -0.2) is 24.4 Å². The highest BCUT2D eigenvalue weighted by Crippen LogP contribution is 2.32. The van der Waals surface area contributed by atoms with Crippen LogP contribution >= 0.6 is 0 Å². The highest BCUT2D eigenvalue weighted by Gasteiger charge is 2.33. The maximum absolute atomic E-state index is 12.7. The Morgan fingerprint density at radius 1 is 0.889 bits per heavy atom. The Morgan fingerprint density at radius 2 is 1.41 bits per heavy atom. The van der Waals surface area contributed by atoms with Crippen molar-refractivity contribution in [2.24, 2.45) is 5.92 Å². The molecule has 0 saturated heterocycles. The molecule has 2 amide bonds. The Bertz CT molecular complexity index is 869. The predicted molar refractivity (Wildman–Crippen MR) is 108 cm³/mol. The molecule has 0 heterocycles. The van der Waals surface area contributed by atoms with Gasteiger partial charge in [0.05, 0.1) is 0 Å². The molecule has 2 aromatic carbocycles. The van der Waals surface area contributed by atoms with E-state index in [1.165, 1.54) is 0 Å². The summed E-state index contributed by atoms with van der Waals surface area (Å²) in [5.41, 5.74) is 5.46. The number of nitrogens with one attached hydrogen (secondary N) is 2. The summed E-state index contributed by atoms with van der Waals surface area (Å²) >= 11 is 0. The van der Waals surface area contributed by atoms with Crippen molar-refractivity contribution in [2.75, 3.05) is 6.54 Å². The van der Waals surface area contributed by atoms with E-state index >= 15 is 0 Å². The molecule has 0 spiro atoms. The zero-order valence-corrected chi connectivity index (χ0v) is 16.6. The molecule has 1 fully saturated rings. The van der Waals surface area contributed by atoms with Crippen LogP contribution in [0, 0.1) is 33.6 Å². The molecule has 0 unspecified atom stereocenters. The highest BCUT2D eigenvalue weighted by molar-refractivity contribution is 5.97. The lowest BCUT2D eigenvalue weighted by Crippen LogP contribution is -2.45. The first-order valence-electron chi connectivity index (χ1n) is 9.58. The van der Waals surface area contributed by atoms with Gasteiger partial charge < -0.3 is 10.6 Å². The van der Waals surface area contributed by atoms with E-state index in [0.717, 1.165) is 35.1 Å². The number of carbonyl (C=O) groups is 2. The summed E-state index contributed by atoms with van der Waals surface area (Å²) in [6.45, 7) is 8.30. The summed E-state index contributed by atoms with van der Waals surface area (Å²) in [6, 6.07) is 11.7. The SMILES string of the molecule is Cc1ccc(C)c(C(=O)NC[C@@H](NC(=O)c2cc(C)ccc2C)C2CC2)c1. The van der Waals surface area contributed by atoms with E-state index in [0.29, 0.717) is 23.6 Å². The minimum Gasteiger partial charge on any atom is -0.350 e. The van der Waals surface area contributed by atoms with Gasteiger partial charge in [0, 0.05) is 23.7 Å². The molecule has 0 aromatic heterocycles. The van der Waals surface area contributed by atoms with Crippen LogP contribution < -0.4 is 10.6 Å². The molecule has 142 valence electrons. The Balaban J connectivity index is 1.66. The number of rotatable bonds is 6. The number of amides is 2. The van der Waals surface area contributed by atoms with Crippen molar-refractivity contribution in [3.05, 3.63) is 69.8 Å². The summed E-state index contributed by atoms with van der Waals surface area (Å²) in [5, 5.41) is 6.16. The fraction of sp³-hybridized carbons (Fsp3) is 0.391. The van der Waals surface area contributed by atoms with E-state index < -0.39 is 0 Å². The molecular formula is C23H28N2O2. The van der Waals surface area contributed by atoms with Crippen molar-refractivity contribution in [1.82, 2.24) is 10.6 Å². The van der Waals surface area contributed by atoms with Crippen molar-refractivity contribution in [2.45, 2.75) is 46.6 Å². The minimum atomic E-state index is -0.0807. The van der Waals surface area contributed by atoms with Gasteiger partial charge in [-0.05, 0) is 69.7 Å². The van der Waals surface area contributed by atoms with Crippen molar-refractivity contribution in [3.8, 4) is 0 Å². The fourth-order valence-electron chi connectivity index (χ4n) is 3.34. The number of hydrogen-bond acceptors (Lipinski definition) is 2. The molecule has 2 N–H and O–H groups in total. The lowest BCUT2D eigenvalue weighted by molar-refractivity contribution is 0.0902. The summed E-state index contributed by atoms with van der Waals surface area (Å²) in [7, 11) is 0. The predicted octanol–water partition coefficient (Wildman–Crippen LogP) is 3.86. The maximum Gasteiger partial charge on any atom is 0.251 e. The topological polar surface area (TPSA) is 58.2 Å². The lowest BCUT2D eigenvalue weighted by Gasteiger charge is -2.20. The molecule has 4 nitrogen and oxygen atoms in total. The molecule has 2 aromatic rings. The normalized spacial score (nSPS) is 14.5. The van der Waals surface area contributed by atoms with Gasteiger partial charge in [-0.15, -0.1) is 0 Å². The Morgan fingerprint density at radius 3 is 1.93 bits per heavy atom.